The molecule has 1 heterocycles. The zero-order valence-corrected chi connectivity index (χ0v) is 15.8. The Bertz CT molecular complexity index is 1000. The van der Waals surface area contributed by atoms with Gasteiger partial charge in [0, 0.05) is 5.56 Å². The highest BCUT2D eigenvalue weighted by atomic mass is 16.5. The number of para-hydroxylation sites is 1. The molecule has 3 rings (SSSR count). The van der Waals surface area contributed by atoms with Crippen LogP contribution < -0.4 is 10.6 Å². The van der Waals surface area contributed by atoms with Gasteiger partial charge < -0.3 is 15.4 Å². The number of esters is 1. The van der Waals surface area contributed by atoms with Crippen LogP contribution in [0.1, 0.15) is 27.6 Å². The number of benzene rings is 2. The minimum atomic E-state index is -0.599. The second-order valence-electron chi connectivity index (χ2n) is 5.97. The smallest absolute Gasteiger partial charge is 0.343 e. The Kier molecular flexibility index (Phi) is 6.36. The second-order valence-corrected chi connectivity index (χ2v) is 5.97. The quantitative estimate of drug-likeness (QED) is 0.601. The molecule has 0 saturated heterocycles. The number of carbonyl (C=O) groups excluding carboxylic acids is 3. The van der Waals surface area contributed by atoms with Gasteiger partial charge in [0.25, 0.3) is 5.91 Å². The molecule has 0 saturated carbocycles. The van der Waals surface area contributed by atoms with Gasteiger partial charge >= 0.3 is 5.97 Å². The lowest BCUT2D eigenvalue weighted by atomic mass is 10.2. The Labute approximate surface area is 167 Å². The number of rotatable bonds is 7. The molecule has 8 heteroatoms. The third kappa shape index (κ3) is 4.86. The number of amides is 2. The van der Waals surface area contributed by atoms with Crippen molar-refractivity contribution >= 4 is 23.6 Å². The predicted molar refractivity (Wildman–Crippen MR) is 107 cm³/mol. The Morgan fingerprint density at radius 1 is 1.00 bits per heavy atom. The molecule has 29 heavy (non-hydrogen) atoms. The number of nitrogens with one attached hydrogen (secondary N) is 2. The van der Waals surface area contributed by atoms with Crippen molar-refractivity contribution in [3.8, 4) is 5.69 Å². The molecular weight excluding hydrogens is 372 g/mol. The van der Waals surface area contributed by atoms with Crippen LogP contribution in [-0.2, 0) is 9.53 Å². The van der Waals surface area contributed by atoms with E-state index in [0.29, 0.717) is 11.3 Å². The molecule has 0 radical (unpaired) electrons. The summed E-state index contributed by atoms with van der Waals surface area (Å²) in [6, 6.07) is 17.6. The maximum atomic E-state index is 12.4. The third-order valence-corrected chi connectivity index (χ3v) is 3.97. The Morgan fingerprint density at radius 3 is 2.31 bits per heavy atom. The van der Waals surface area contributed by atoms with Gasteiger partial charge in [-0.2, -0.15) is 5.10 Å². The maximum absolute atomic E-state index is 12.4. The summed E-state index contributed by atoms with van der Waals surface area (Å²) in [5, 5.41) is 9.40. The van der Waals surface area contributed by atoms with Gasteiger partial charge in [0.1, 0.15) is 5.56 Å². The first kappa shape index (κ1) is 19.8. The van der Waals surface area contributed by atoms with Crippen molar-refractivity contribution < 1.29 is 19.1 Å². The van der Waals surface area contributed by atoms with Gasteiger partial charge in [-0.05, 0) is 31.2 Å². The molecule has 0 atom stereocenters. The zero-order valence-electron chi connectivity index (χ0n) is 15.8. The van der Waals surface area contributed by atoms with Crippen LogP contribution in [0.15, 0.2) is 66.9 Å². The number of anilines is 1. The largest absolute Gasteiger partial charge is 0.462 e. The van der Waals surface area contributed by atoms with E-state index in [1.807, 2.05) is 18.2 Å². The highest BCUT2D eigenvalue weighted by Crippen LogP contribution is 2.21. The summed E-state index contributed by atoms with van der Waals surface area (Å²) in [6.07, 6.45) is 1.34. The molecule has 2 N–H and O–H groups in total. The average Bonchev–Trinajstić information content (AvgIpc) is 3.17. The molecule has 8 nitrogen and oxygen atoms in total. The lowest BCUT2D eigenvalue weighted by Gasteiger charge is -2.11. The lowest BCUT2D eigenvalue weighted by Crippen LogP contribution is -2.33. The molecule has 0 unspecified atom stereocenters. The van der Waals surface area contributed by atoms with E-state index in [-0.39, 0.29) is 30.4 Å². The summed E-state index contributed by atoms with van der Waals surface area (Å²) in [6.45, 7) is 1.61. The standard InChI is InChI=1S/C21H20N4O4/c1-2-29-21(28)17-13-23-25(16-11-7-4-8-12-16)19(17)24-18(26)14-22-20(27)15-9-5-3-6-10-15/h3-13H,2,14H2,1H3,(H,22,27)(H,24,26). The summed E-state index contributed by atoms with van der Waals surface area (Å²) >= 11 is 0. The van der Waals surface area contributed by atoms with E-state index in [1.54, 1.807) is 49.4 Å². The van der Waals surface area contributed by atoms with Crippen molar-refractivity contribution in [3.63, 3.8) is 0 Å². The van der Waals surface area contributed by atoms with Crippen LogP contribution in [0.4, 0.5) is 5.82 Å². The Balaban J connectivity index is 1.77. The number of aromatic nitrogens is 2. The third-order valence-electron chi connectivity index (χ3n) is 3.97. The first-order chi connectivity index (χ1) is 14.1. The van der Waals surface area contributed by atoms with E-state index in [1.165, 1.54) is 10.9 Å². The van der Waals surface area contributed by atoms with Crippen LogP contribution in [0.5, 0.6) is 0 Å². The number of hydrogen-bond acceptors (Lipinski definition) is 5. The Morgan fingerprint density at radius 2 is 1.66 bits per heavy atom. The molecule has 148 valence electrons. The number of ether oxygens (including phenoxy) is 1. The second kappa shape index (κ2) is 9.32. The van der Waals surface area contributed by atoms with Gasteiger partial charge in [-0.1, -0.05) is 36.4 Å². The van der Waals surface area contributed by atoms with Crippen LogP contribution in [0.25, 0.3) is 5.69 Å². The van der Waals surface area contributed by atoms with Gasteiger partial charge in [0.15, 0.2) is 5.82 Å². The van der Waals surface area contributed by atoms with Crippen molar-refractivity contribution in [2.24, 2.45) is 0 Å². The fourth-order valence-corrected chi connectivity index (χ4v) is 2.62. The maximum Gasteiger partial charge on any atom is 0.343 e. The highest BCUT2D eigenvalue weighted by Gasteiger charge is 2.21. The van der Waals surface area contributed by atoms with Crippen molar-refractivity contribution in [3.05, 3.63) is 78.0 Å². The molecule has 0 spiro atoms. The van der Waals surface area contributed by atoms with Gasteiger partial charge in [-0.25, -0.2) is 9.48 Å². The minimum Gasteiger partial charge on any atom is -0.462 e. The van der Waals surface area contributed by atoms with Crippen LogP contribution >= 0.6 is 0 Å². The molecule has 0 fully saturated rings. The highest BCUT2D eigenvalue weighted by molar-refractivity contribution is 6.03. The van der Waals surface area contributed by atoms with E-state index in [4.69, 9.17) is 4.74 Å². The van der Waals surface area contributed by atoms with Crippen LogP contribution in [0.2, 0.25) is 0 Å². The van der Waals surface area contributed by atoms with Crippen LogP contribution in [-0.4, -0.2) is 40.7 Å². The normalized spacial score (nSPS) is 10.2. The summed E-state index contributed by atoms with van der Waals surface area (Å²) in [7, 11) is 0. The fourth-order valence-electron chi connectivity index (χ4n) is 2.62. The number of carbonyl (C=O) groups is 3. The molecule has 0 bridgehead atoms. The molecule has 0 aliphatic heterocycles. The summed E-state index contributed by atoms with van der Waals surface area (Å²) in [5.41, 5.74) is 1.23. The summed E-state index contributed by atoms with van der Waals surface area (Å²) in [4.78, 5) is 36.8. The van der Waals surface area contributed by atoms with Crippen LogP contribution in [0, 0.1) is 0 Å². The Hall–Kier alpha value is -3.94. The fraction of sp³-hybridized carbons (Fsp3) is 0.143. The van der Waals surface area contributed by atoms with E-state index in [2.05, 4.69) is 15.7 Å². The molecule has 1 aromatic heterocycles. The number of nitrogens with zero attached hydrogens (tertiary/aromatic N) is 2. The first-order valence-electron chi connectivity index (χ1n) is 9.03. The van der Waals surface area contributed by atoms with Gasteiger partial charge in [0.2, 0.25) is 5.91 Å². The van der Waals surface area contributed by atoms with Crippen molar-refractivity contribution in [2.45, 2.75) is 6.92 Å². The molecule has 0 aliphatic carbocycles. The van der Waals surface area contributed by atoms with Gasteiger partial charge in [-0.15, -0.1) is 0 Å². The van der Waals surface area contributed by atoms with E-state index in [0.717, 1.165) is 0 Å². The molecule has 3 aromatic rings. The first-order valence-corrected chi connectivity index (χ1v) is 9.03. The number of hydrogen-bond donors (Lipinski definition) is 2. The monoisotopic (exact) mass is 392 g/mol. The summed E-state index contributed by atoms with van der Waals surface area (Å²) < 4.78 is 6.48. The molecule has 0 aliphatic rings. The van der Waals surface area contributed by atoms with Crippen molar-refractivity contribution in [2.75, 3.05) is 18.5 Å². The SMILES string of the molecule is CCOC(=O)c1cnn(-c2ccccc2)c1NC(=O)CNC(=O)c1ccccc1. The van der Waals surface area contributed by atoms with Gasteiger partial charge in [-0.3, -0.25) is 9.59 Å². The summed E-state index contributed by atoms with van der Waals surface area (Å²) in [5.74, 6) is -1.30. The zero-order chi connectivity index (χ0) is 20.6. The topological polar surface area (TPSA) is 102 Å². The minimum absolute atomic E-state index is 0.124. The molecule has 2 aromatic carbocycles. The van der Waals surface area contributed by atoms with E-state index >= 15 is 0 Å². The lowest BCUT2D eigenvalue weighted by molar-refractivity contribution is -0.115. The van der Waals surface area contributed by atoms with E-state index in [9.17, 15) is 14.4 Å². The molecular formula is C21H20N4O4. The molecule has 2 amide bonds. The average molecular weight is 392 g/mol. The van der Waals surface area contributed by atoms with Crippen LogP contribution in [0.3, 0.4) is 0 Å². The van der Waals surface area contributed by atoms with E-state index < -0.39 is 11.9 Å². The van der Waals surface area contributed by atoms with Crippen molar-refractivity contribution in [1.82, 2.24) is 15.1 Å². The predicted octanol–water partition coefficient (Wildman–Crippen LogP) is 2.42. The van der Waals surface area contributed by atoms with Crippen molar-refractivity contribution in [1.29, 1.82) is 0 Å². The van der Waals surface area contributed by atoms with Gasteiger partial charge in [0.05, 0.1) is 25.0 Å².